The summed E-state index contributed by atoms with van der Waals surface area (Å²) < 4.78 is 1.13. The van der Waals surface area contributed by atoms with Crippen LogP contribution in [0.15, 0.2) is 24.3 Å². The highest BCUT2D eigenvalue weighted by atomic mass is 32.1. The van der Waals surface area contributed by atoms with Gasteiger partial charge in [-0.05, 0) is 18.6 Å². The normalized spacial score (nSPS) is 10.2. The van der Waals surface area contributed by atoms with Crippen LogP contribution >= 0.6 is 11.3 Å². The van der Waals surface area contributed by atoms with Gasteiger partial charge in [0, 0.05) is 13.0 Å². The van der Waals surface area contributed by atoms with Crippen LogP contribution in [0.5, 0.6) is 0 Å². The van der Waals surface area contributed by atoms with Crippen LogP contribution in [0.3, 0.4) is 0 Å². The quantitative estimate of drug-likeness (QED) is 0.499. The predicted octanol–water partition coefficient (Wildman–Crippen LogP) is 2.28. The van der Waals surface area contributed by atoms with Crippen molar-refractivity contribution in [2.45, 2.75) is 12.8 Å². The monoisotopic (exact) mass is 232 g/mol. The summed E-state index contributed by atoms with van der Waals surface area (Å²) in [6.45, 7) is 0.660. The molecule has 0 fully saturated rings. The number of unbranched alkanes of at least 4 members (excludes halogenated alkanes) is 1. The minimum Gasteiger partial charge on any atom is -0.286 e. The highest BCUT2D eigenvalue weighted by Crippen LogP contribution is 2.27. The molecule has 16 heavy (non-hydrogen) atoms. The molecule has 1 aromatic carbocycles. The molecule has 2 N–H and O–H groups in total. The first-order valence-corrected chi connectivity index (χ1v) is 5.87. The van der Waals surface area contributed by atoms with Crippen molar-refractivity contribution in [3.63, 3.8) is 0 Å². The van der Waals surface area contributed by atoms with Crippen molar-refractivity contribution >= 4 is 26.7 Å². The second kappa shape index (κ2) is 4.92. The Morgan fingerprint density at radius 2 is 2.25 bits per heavy atom. The van der Waals surface area contributed by atoms with Gasteiger partial charge in [0.15, 0.2) is 0 Å². The fraction of sp³-hybridized carbons (Fsp3) is 0.273. The zero-order chi connectivity index (χ0) is 11.4. The first kappa shape index (κ1) is 10.9. The summed E-state index contributed by atoms with van der Waals surface area (Å²) in [5, 5.41) is 10.9. The van der Waals surface area contributed by atoms with Crippen molar-refractivity contribution in [3.8, 4) is 6.07 Å². The van der Waals surface area contributed by atoms with Crippen molar-refractivity contribution in [2.75, 3.05) is 11.6 Å². The minimum absolute atomic E-state index is 0.526. The number of rotatable bonds is 4. The van der Waals surface area contributed by atoms with Gasteiger partial charge in [-0.2, -0.15) is 5.26 Å². The van der Waals surface area contributed by atoms with Crippen LogP contribution in [0.25, 0.3) is 10.2 Å². The molecule has 5 heteroatoms. The number of hydrogen-bond donors (Lipinski definition) is 1. The maximum Gasteiger partial charge on any atom is 0.200 e. The van der Waals surface area contributed by atoms with Gasteiger partial charge in [-0.3, -0.25) is 5.01 Å². The standard InChI is InChI=1S/C11H12N4S/c12-7-3-4-8-15(13)11-14-9-5-1-2-6-10(9)16-11/h1-2,5-6H,3-4,8,13H2. The Morgan fingerprint density at radius 3 is 3.00 bits per heavy atom. The number of para-hydroxylation sites is 1. The summed E-state index contributed by atoms with van der Waals surface area (Å²) in [6, 6.07) is 10.0. The number of hydrogen-bond acceptors (Lipinski definition) is 5. The third-order valence-corrected chi connectivity index (χ3v) is 3.29. The number of aromatic nitrogens is 1. The van der Waals surface area contributed by atoms with E-state index in [2.05, 4.69) is 11.1 Å². The molecule has 0 amide bonds. The van der Waals surface area contributed by atoms with Gasteiger partial charge in [-0.25, -0.2) is 10.8 Å². The molecular formula is C11H12N4S. The molecule has 1 aromatic heterocycles. The number of nitriles is 1. The molecule has 0 atom stereocenters. The van der Waals surface area contributed by atoms with E-state index in [9.17, 15) is 0 Å². The van der Waals surface area contributed by atoms with Gasteiger partial charge in [0.25, 0.3) is 0 Å². The fourth-order valence-electron chi connectivity index (χ4n) is 1.41. The van der Waals surface area contributed by atoms with Crippen LogP contribution in [-0.4, -0.2) is 11.5 Å². The van der Waals surface area contributed by atoms with Gasteiger partial charge < -0.3 is 0 Å². The van der Waals surface area contributed by atoms with Gasteiger partial charge in [-0.15, -0.1) is 0 Å². The maximum atomic E-state index is 8.44. The number of anilines is 1. The van der Waals surface area contributed by atoms with Crippen molar-refractivity contribution in [3.05, 3.63) is 24.3 Å². The van der Waals surface area contributed by atoms with Gasteiger partial charge >= 0.3 is 0 Å². The first-order valence-electron chi connectivity index (χ1n) is 5.06. The molecule has 0 aliphatic heterocycles. The lowest BCUT2D eigenvalue weighted by atomic mass is 10.3. The van der Waals surface area contributed by atoms with Crippen molar-refractivity contribution in [2.24, 2.45) is 5.84 Å². The van der Waals surface area contributed by atoms with Crippen molar-refractivity contribution in [1.82, 2.24) is 4.98 Å². The Kier molecular flexibility index (Phi) is 3.34. The smallest absolute Gasteiger partial charge is 0.200 e. The zero-order valence-corrected chi connectivity index (χ0v) is 9.57. The Labute approximate surface area is 97.9 Å². The van der Waals surface area contributed by atoms with E-state index < -0.39 is 0 Å². The molecule has 0 spiro atoms. The first-order chi connectivity index (χ1) is 7.81. The number of hydrazine groups is 1. The Bertz CT molecular complexity index is 481. The van der Waals surface area contributed by atoms with Crippen LogP contribution in [0.4, 0.5) is 5.13 Å². The van der Waals surface area contributed by atoms with E-state index in [4.69, 9.17) is 11.1 Å². The number of fused-ring (bicyclic) bond motifs is 1. The van der Waals surface area contributed by atoms with Crippen LogP contribution in [-0.2, 0) is 0 Å². The van der Waals surface area contributed by atoms with Crippen molar-refractivity contribution in [1.29, 1.82) is 5.26 Å². The SMILES string of the molecule is N#CCCCN(N)c1nc2ccccc2s1. The Balaban J connectivity index is 2.11. The molecule has 2 rings (SSSR count). The molecule has 4 nitrogen and oxygen atoms in total. The topological polar surface area (TPSA) is 65.9 Å². The van der Waals surface area contributed by atoms with E-state index in [1.54, 1.807) is 16.3 Å². The van der Waals surface area contributed by atoms with E-state index in [0.29, 0.717) is 13.0 Å². The van der Waals surface area contributed by atoms with E-state index in [-0.39, 0.29) is 0 Å². The second-order valence-electron chi connectivity index (χ2n) is 3.42. The molecule has 82 valence electrons. The Morgan fingerprint density at radius 1 is 1.44 bits per heavy atom. The largest absolute Gasteiger partial charge is 0.286 e. The van der Waals surface area contributed by atoms with E-state index >= 15 is 0 Å². The number of nitrogens with zero attached hydrogens (tertiary/aromatic N) is 3. The van der Waals surface area contributed by atoms with Gasteiger partial charge in [-0.1, -0.05) is 23.5 Å². The number of nitrogens with two attached hydrogens (primary N) is 1. The molecule has 0 unspecified atom stereocenters. The average Bonchev–Trinajstić information content (AvgIpc) is 2.73. The minimum atomic E-state index is 0.526. The van der Waals surface area contributed by atoms with E-state index in [0.717, 1.165) is 21.8 Å². The van der Waals surface area contributed by atoms with E-state index in [1.807, 2.05) is 24.3 Å². The summed E-state index contributed by atoms with van der Waals surface area (Å²) in [6.07, 6.45) is 1.29. The molecule has 0 aliphatic carbocycles. The van der Waals surface area contributed by atoms with E-state index in [1.165, 1.54) is 0 Å². The second-order valence-corrected chi connectivity index (χ2v) is 4.43. The summed E-state index contributed by atoms with van der Waals surface area (Å²) in [7, 11) is 0. The lowest BCUT2D eigenvalue weighted by Crippen LogP contribution is -2.31. The molecule has 0 saturated heterocycles. The number of thiazole rings is 1. The molecular weight excluding hydrogens is 220 g/mol. The van der Waals surface area contributed by atoms with Gasteiger partial charge in [0.05, 0.1) is 16.3 Å². The molecule has 0 radical (unpaired) electrons. The third kappa shape index (κ3) is 2.30. The van der Waals surface area contributed by atoms with Gasteiger partial charge in [0.1, 0.15) is 0 Å². The lowest BCUT2D eigenvalue weighted by Gasteiger charge is -2.13. The zero-order valence-electron chi connectivity index (χ0n) is 8.76. The Hall–Kier alpha value is -1.64. The fourth-order valence-corrected chi connectivity index (χ4v) is 2.32. The molecule has 1 heterocycles. The lowest BCUT2D eigenvalue weighted by molar-refractivity contribution is 0.768. The molecule has 0 aliphatic rings. The summed E-state index contributed by atoms with van der Waals surface area (Å²) in [5.41, 5.74) is 0.971. The summed E-state index contributed by atoms with van der Waals surface area (Å²) >= 11 is 1.57. The third-order valence-electron chi connectivity index (χ3n) is 2.22. The van der Waals surface area contributed by atoms with Crippen LogP contribution in [0, 0.1) is 11.3 Å². The molecule has 2 aromatic rings. The highest BCUT2D eigenvalue weighted by Gasteiger charge is 2.07. The van der Waals surface area contributed by atoms with Crippen LogP contribution in [0.1, 0.15) is 12.8 Å². The highest BCUT2D eigenvalue weighted by molar-refractivity contribution is 7.22. The maximum absolute atomic E-state index is 8.44. The summed E-state index contributed by atoms with van der Waals surface area (Å²) in [5.74, 6) is 5.87. The van der Waals surface area contributed by atoms with Crippen molar-refractivity contribution < 1.29 is 0 Å². The predicted molar refractivity (Wildman–Crippen MR) is 66.0 cm³/mol. The molecule has 0 saturated carbocycles. The molecule has 0 bridgehead atoms. The van der Waals surface area contributed by atoms with Crippen LogP contribution in [0.2, 0.25) is 0 Å². The van der Waals surface area contributed by atoms with Gasteiger partial charge in [0.2, 0.25) is 5.13 Å². The number of benzene rings is 1. The summed E-state index contributed by atoms with van der Waals surface area (Å²) in [4.78, 5) is 4.43. The average molecular weight is 232 g/mol. The van der Waals surface area contributed by atoms with Crippen LogP contribution < -0.4 is 10.9 Å².